The first kappa shape index (κ1) is 19.3. The monoisotopic (exact) mass is 342 g/mol. The van der Waals surface area contributed by atoms with Crippen LogP contribution in [0.3, 0.4) is 0 Å². The maximum atomic E-state index is 12.4. The Morgan fingerprint density at radius 2 is 2.04 bits per heavy atom. The molecule has 0 saturated carbocycles. The lowest BCUT2D eigenvalue weighted by Crippen LogP contribution is -2.40. The molecule has 0 bridgehead atoms. The highest BCUT2D eigenvalue weighted by Crippen LogP contribution is 2.25. The van der Waals surface area contributed by atoms with Gasteiger partial charge >= 0.3 is 5.97 Å². The number of halogens is 1. The van der Waals surface area contributed by atoms with Crippen LogP contribution in [0.5, 0.6) is 5.75 Å². The molecular weight excluding hydrogens is 320 g/mol. The van der Waals surface area contributed by atoms with Gasteiger partial charge in [-0.1, -0.05) is 0 Å². The van der Waals surface area contributed by atoms with E-state index >= 15 is 0 Å². The third kappa shape index (κ3) is 4.84. The number of piperidine rings is 1. The number of benzene rings is 1. The first-order valence-corrected chi connectivity index (χ1v) is 7.35. The molecule has 0 radical (unpaired) electrons. The fraction of sp³-hybridized carbons (Fsp3) is 0.500. The van der Waals surface area contributed by atoms with Crippen molar-refractivity contribution in [2.75, 3.05) is 26.1 Å². The third-order valence-corrected chi connectivity index (χ3v) is 3.88. The molecule has 1 aliphatic rings. The highest BCUT2D eigenvalue weighted by atomic mass is 35.5. The minimum atomic E-state index is -0.507. The van der Waals surface area contributed by atoms with Crippen LogP contribution in [-0.2, 0) is 9.53 Å². The number of carbonyl (C=O) groups excluding carboxylic acids is 2. The molecule has 0 unspecified atom stereocenters. The molecule has 2 rings (SSSR count). The Balaban J connectivity index is 0.00000264. The first-order chi connectivity index (χ1) is 10.5. The fourth-order valence-electron chi connectivity index (χ4n) is 2.64. The van der Waals surface area contributed by atoms with Gasteiger partial charge in [-0.15, -0.1) is 12.4 Å². The minimum Gasteiger partial charge on any atom is -0.497 e. The van der Waals surface area contributed by atoms with Gasteiger partial charge in [-0.3, -0.25) is 4.79 Å². The summed E-state index contributed by atoms with van der Waals surface area (Å²) in [6, 6.07) is 5.24. The number of anilines is 1. The van der Waals surface area contributed by atoms with Gasteiger partial charge in [0.15, 0.2) is 0 Å². The van der Waals surface area contributed by atoms with Crippen LogP contribution in [0.15, 0.2) is 18.2 Å². The van der Waals surface area contributed by atoms with Gasteiger partial charge < -0.3 is 20.1 Å². The summed E-state index contributed by atoms with van der Waals surface area (Å²) in [4.78, 5) is 24.3. The maximum Gasteiger partial charge on any atom is 0.340 e. The summed E-state index contributed by atoms with van der Waals surface area (Å²) >= 11 is 0. The number of methoxy groups -OCH3 is 2. The lowest BCUT2D eigenvalue weighted by Gasteiger charge is -2.27. The lowest BCUT2D eigenvalue weighted by atomic mass is 9.92. The van der Waals surface area contributed by atoms with E-state index in [1.54, 1.807) is 18.2 Å². The van der Waals surface area contributed by atoms with E-state index in [0.29, 0.717) is 17.5 Å². The van der Waals surface area contributed by atoms with Crippen LogP contribution in [0.25, 0.3) is 0 Å². The van der Waals surface area contributed by atoms with Crippen molar-refractivity contribution in [3.63, 3.8) is 0 Å². The molecule has 1 amide bonds. The molecule has 1 aliphatic heterocycles. The molecule has 1 aromatic rings. The Labute approximate surface area is 142 Å². The van der Waals surface area contributed by atoms with Gasteiger partial charge in [0.25, 0.3) is 0 Å². The van der Waals surface area contributed by atoms with Crippen LogP contribution >= 0.6 is 12.4 Å². The largest absolute Gasteiger partial charge is 0.497 e. The average molecular weight is 343 g/mol. The number of amides is 1. The molecule has 1 fully saturated rings. The topological polar surface area (TPSA) is 76.7 Å². The van der Waals surface area contributed by atoms with Crippen LogP contribution in [0.4, 0.5) is 5.69 Å². The van der Waals surface area contributed by atoms with E-state index in [0.717, 1.165) is 19.4 Å². The third-order valence-electron chi connectivity index (χ3n) is 3.88. The second kappa shape index (κ2) is 8.74. The molecule has 2 atom stereocenters. The summed E-state index contributed by atoms with van der Waals surface area (Å²) in [6.07, 6.45) is 1.58. The van der Waals surface area contributed by atoms with Gasteiger partial charge in [0.1, 0.15) is 5.75 Å². The molecule has 0 aliphatic carbocycles. The van der Waals surface area contributed by atoms with Crippen LogP contribution in [0, 0.1) is 5.92 Å². The Morgan fingerprint density at radius 3 is 2.65 bits per heavy atom. The normalized spacial score (nSPS) is 20.1. The number of hydrogen-bond acceptors (Lipinski definition) is 5. The van der Waals surface area contributed by atoms with Crippen LogP contribution in [-0.4, -0.2) is 38.7 Å². The number of carbonyl (C=O) groups is 2. The van der Waals surface area contributed by atoms with Crippen molar-refractivity contribution in [2.24, 2.45) is 5.92 Å². The number of ether oxygens (including phenoxy) is 2. The number of nitrogens with one attached hydrogen (secondary N) is 2. The number of rotatable bonds is 4. The van der Waals surface area contributed by atoms with E-state index in [-0.39, 0.29) is 29.8 Å². The zero-order valence-electron chi connectivity index (χ0n) is 13.5. The van der Waals surface area contributed by atoms with Crippen LogP contribution in [0.2, 0.25) is 0 Å². The molecule has 1 saturated heterocycles. The maximum absolute atomic E-state index is 12.4. The van der Waals surface area contributed by atoms with E-state index in [4.69, 9.17) is 9.47 Å². The zero-order chi connectivity index (χ0) is 16.1. The molecule has 23 heavy (non-hydrogen) atoms. The van der Waals surface area contributed by atoms with Crippen molar-refractivity contribution in [2.45, 2.75) is 25.8 Å². The summed E-state index contributed by atoms with van der Waals surface area (Å²) in [6.45, 7) is 2.89. The van der Waals surface area contributed by atoms with Gasteiger partial charge in [-0.2, -0.15) is 0 Å². The van der Waals surface area contributed by atoms with E-state index in [1.807, 2.05) is 0 Å². The van der Waals surface area contributed by atoms with Gasteiger partial charge in [-0.25, -0.2) is 4.79 Å². The van der Waals surface area contributed by atoms with E-state index < -0.39 is 5.97 Å². The second-order valence-electron chi connectivity index (χ2n) is 5.47. The fourth-order valence-corrected chi connectivity index (χ4v) is 2.64. The molecule has 1 heterocycles. The molecular formula is C16H23ClN2O4. The SMILES string of the molecule is COC(=O)c1cc(OC)ccc1NC(=O)[C@H]1CCN[C@@H](C)C1.Cl. The van der Waals surface area contributed by atoms with Crippen molar-refractivity contribution in [3.05, 3.63) is 23.8 Å². The number of hydrogen-bond donors (Lipinski definition) is 2. The van der Waals surface area contributed by atoms with Crippen molar-refractivity contribution < 1.29 is 19.1 Å². The van der Waals surface area contributed by atoms with Crippen molar-refractivity contribution in [1.29, 1.82) is 0 Å². The van der Waals surface area contributed by atoms with Gasteiger partial charge in [0.2, 0.25) is 5.91 Å². The predicted molar refractivity (Wildman–Crippen MR) is 90.4 cm³/mol. The zero-order valence-corrected chi connectivity index (χ0v) is 14.4. The van der Waals surface area contributed by atoms with Gasteiger partial charge in [0, 0.05) is 12.0 Å². The Morgan fingerprint density at radius 1 is 1.30 bits per heavy atom. The smallest absolute Gasteiger partial charge is 0.340 e. The van der Waals surface area contributed by atoms with Crippen LogP contribution in [0.1, 0.15) is 30.1 Å². The molecule has 1 aromatic carbocycles. The second-order valence-corrected chi connectivity index (χ2v) is 5.47. The summed E-state index contributed by atoms with van der Waals surface area (Å²) < 4.78 is 9.88. The summed E-state index contributed by atoms with van der Waals surface area (Å²) in [5.41, 5.74) is 0.737. The Bertz CT molecular complexity index is 565. The van der Waals surface area contributed by atoms with Crippen molar-refractivity contribution in [3.8, 4) is 5.75 Å². The standard InChI is InChI=1S/C16H22N2O4.ClH/c1-10-8-11(6-7-17-10)15(19)18-14-5-4-12(21-2)9-13(14)16(20)22-3;/h4-5,9-11,17H,6-8H2,1-3H3,(H,18,19);1H/t10-,11-;/m0./s1. The quantitative estimate of drug-likeness (QED) is 0.820. The summed E-state index contributed by atoms with van der Waals surface area (Å²) in [5.74, 6) is -0.0886. The minimum absolute atomic E-state index is 0. The summed E-state index contributed by atoms with van der Waals surface area (Å²) in [7, 11) is 2.83. The molecule has 0 spiro atoms. The van der Waals surface area contributed by atoms with Crippen molar-refractivity contribution >= 4 is 30.0 Å². The molecule has 0 aromatic heterocycles. The lowest BCUT2D eigenvalue weighted by molar-refractivity contribution is -0.120. The molecule has 2 N–H and O–H groups in total. The Kier molecular flexibility index (Phi) is 7.32. The summed E-state index contributed by atoms with van der Waals surface area (Å²) in [5, 5.41) is 6.16. The molecule has 7 heteroatoms. The first-order valence-electron chi connectivity index (χ1n) is 7.35. The Hall–Kier alpha value is -1.79. The van der Waals surface area contributed by atoms with Crippen LogP contribution < -0.4 is 15.4 Å². The molecule has 128 valence electrons. The molecule has 6 nitrogen and oxygen atoms in total. The van der Waals surface area contributed by atoms with E-state index in [1.165, 1.54) is 14.2 Å². The van der Waals surface area contributed by atoms with E-state index in [9.17, 15) is 9.59 Å². The van der Waals surface area contributed by atoms with Crippen molar-refractivity contribution in [1.82, 2.24) is 5.32 Å². The number of esters is 1. The highest BCUT2D eigenvalue weighted by molar-refractivity contribution is 6.02. The average Bonchev–Trinajstić information content (AvgIpc) is 2.54. The van der Waals surface area contributed by atoms with Gasteiger partial charge in [-0.05, 0) is 44.5 Å². The van der Waals surface area contributed by atoms with Gasteiger partial charge in [0.05, 0.1) is 25.5 Å². The predicted octanol–water partition coefficient (Wildman–Crippen LogP) is 2.23. The highest BCUT2D eigenvalue weighted by Gasteiger charge is 2.26. The van der Waals surface area contributed by atoms with E-state index in [2.05, 4.69) is 17.6 Å².